The maximum Gasteiger partial charge on any atom is 0.291 e. The third kappa shape index (κ3) is 4.56. The molecule has 7 heteroatoms. The van der Waals surface area contributed by atoms with Crippen molar-refractivity contribution in [1.29, 1.82) is 0 Å². The van der Waals surface area contributed by atoms with Crippen molar-refractivity contribution in [3.63, 3.8) is 0 Å². The highest BCUT2D eigenvalue weighted by atomic mass is 35.5. The molecule has 0 spiro atoms. The summed E-state index contributed by atoms with van der Waals surface area (Å²) >= 11 is 7.74. The first-order chi connectivity index (χ1) is 14.0. The van der Waals surface area contributed by atoms with Crippen LogP contribution in [0.3, 0.4) is 0 Å². The normalized spacial score (nSPS) is 16.7. The van der Waals surface area contributed by atoms with Gasteiger partial charge < -0.3 is 14.6 Å². The fraction of sp³-hybridized carbons (Fsp3) is 0.318. The van der Waals surface area contributed by atoms with Crippen molar-refractivity contribution in [2.75, 3.05) is 38.5 Å². The number of furan rings is 1. The van der Waals surface area contributed by atoms with E-state index in [1.807, 2.05) is 12.1 Å². The highest BCUT2D eigenvalue weighted by molar-refractivity contribution is 7.16. The van der Waals surface area contributed by atoms with Crippen molar-refractivity contribution in [3.05, 3.63) is 75.5 Å². The van der Waals surface area contributed by atoms with E-state index in [-0.39, 0.29) is 11.9 Å². The van der Waals surface area contributed by atoms with Crippen LogP contribution in [0.15, 0.2) is 53.1 Å². The van der Waals surface area contributed by atoms with Gasteiger partial charge >= 0.3 is 0 Å². The van der Waals surface area contributed by atoms with Gasteiger partial charge in [-0.2, -0.15) is 0 Å². The van der Waals surface area contributed by atoms with E-state index in [2.05, 4.69) is 47.3 Å². The Balaban J connectivity index is 1.70. The Bertz CT molecular complexity index is 961. The minimum atomic E-state index is -0.230. The van der Waals surface area contributed by atoms with Crippen LogP contribution in [-0.4, -0.2) is 48.9 Å². The molecule has 1 aromatic carbocycles. The number of nitrogens with zero attached hydrogens (tertiary/aromatic N) is 2. The van der Waals surface area contributed by atoms with Gasteiger partial charge in [0.05, 0.1) is 12.3 Å². The fourth-order valence-corrected chi connectivity index (χ4v) is 4.79. The van der Waals surface area contributed by atoms with Crippen LogP contribution in [0.25, 0.3) is 0 Å². The standard InChI is InChI=1S/C22H24ClN3O2S/c1-15-14-18(22(29-15)24-21(27)19-4-3-13-28-19)20(16-5-7-17(23)8-6-16)26-11-9-25(2)10-12-26/h3-8,13-14,20H,9-12H2,1-2H3,(H,24,27)/t20-/m0/s1. The smallest absolute Gasteiger partial charge is 0.291 e. The maximum absolute atomic E-state index is 12.6. The molecule has 0 aliphatic carbocycles. The third-order valence-corrected chi connectivity index (χ3v) is 6.47. The van der Waals surface area contributed by atoms with E-state index in [4.69, 9.17) is 16.0 Å². The minimum absolute atomic E-state index is 0.0535. The van der Waals surface area contributed by atoms with E-state index in [9.17, 15) is 4.79 Å². The van der Waals surface area contributed by atoms with Crippen LogP contribution in [0.5, 0.6) is 0 Å². The van der Waals surface area contributed by atoms with Crippen molar-refractivity contribution in [3.8, 4) is 0 Å². The maximum atomic E-state index is 12.6. The first-order valence-electron chi connectivity index (χ1n) is 9.64. The van der Waals surface area contributed by atoms with Gasteiger partial charge in [0.15, 0.2) is 5.76 Å². The quantitative estimate of drug-likeness (QED) is 0.627. The third-order valence-electron chi connectivity index (χ3n) is 5.24. The lowest BCUT2D eigenvalue weighted by Gasteiger charge is -2.38. The second kappa shape index (κ2) is 8.71. The van der Waals surface area contributed by atoms with Gasteiger partial charge in [-0.05, 0) is 49.9 Å². The number of amides is 1. The number of aryl methyl sites for hydroxylation is 1. The lowest BCUT2D eigenvalue weighted by atomic mass is 9.97. The van der Waals surface area contributed by atoms with E-state index in [0.717, 1.165) is 46.6 Å². The fourth-order valence-electron chi connectivity index (χ4n) is 3.72. The first kappa shape index (κ1) is 20.2. The van der Waals surface area contributed by atoms with E-state index < -0.39 is 0 Å². The molecule has 1 aliphatic heterocycles. The highest BCUT2D eigenvalue weighted by Gasteiger charge is 2.29. The molecular weight excluding hydrogens is 406 g/mol. The van der Waals surface area contributed by atoms with Gasteiger partial charge in [0, 0.05) is 41.6 Å². The Morgan fingerprint density at radius 3 is 2.55 bits per heavy atom. The Morgan fingerprint density at radius 2 is 1.90 bits per heavy atom. The van der Waals surface area contributed by atoms with Gasteiger partial charge in [-0.25, -0.2) is 0 Å². The Morgan fingerprint density at radius 1 is 1.17 bits per heavy atom. The van der Waals surface area contributed by atoms with E-state index >= 15 is 0 Å². The van der Waals surface area contributed by atoms with Gasteiger partial charge in [-0.1, -0.05) is 23.7 Å². The van der Waals surface area contributed by atoms with Gasteiger partial charge in [-0.3, -0.25) is 9.69 Å². The molecule has 0 bridgehead atoms. The van der Waals surface area contributed by atoms with E-state index in [1.54, 1.807) is 23.5 Å². The summed E-state index contributed by atoms with van der Waals surface area (Å²) < 4.78 is 5.26. The van der Waals surface area contributed by atoms with Crippen molar-refractivity contribution >= 4 is 33.8 Å². The SMILES string of the molecule is Cc1cc([C@H](c2ccc(Cl)cc2)N2CCN(C)CC2)c(NC(=O)c2ccco2)s1. The molecule has 1 N–H and O–H groups in total. The summed E-state index contributed by atoms with van der Waals surface area (Å²) in [5.41, 5.74) is 2.28. The number of benzene rings is 1. The lowest BCUT2D eigenvalue weighted by Crippen LogP contribution is -2.46. The topological polar surface area (TPSA) is 48.7 Å². The number of rotatable bonds is 5. The monoisotopic (exact) mass is 429 g/mol. The van der Waals surface area contributed by atoms with Crippen LogP contribution in [0, 0.1) is 6.92 Å². The van der Waals surface area contributed by atoms with E-state index in [1.165, 1.54) is 11.8 Å². The molecule has 0 saturated carbocycles. The minimum Gasteiger partial charge on any atom is -0.459 e. The van der Waals surface area contributed by atoms with Crippen molar-refractivity contribution in [2.45, 2.75) is 13.0 Å². The van der Waals surface area contributed by atoms with Crippen LogP contribution in [0.2, 0.25) is 5.02 Å². The Labute approximate surface area is 179 Å². The average molecular weight is 430 g/mol. The van der Waals surface area contributed by atoms with Crippen molar-refractivity contribution < 1.29 is 9.21 Å². The largest absolute Gasteiger partial charge is 0.459 e. The molecule has 1 fully saturated rings. The molecule has 0 unspecified atom stereocenters. The number of carbonyl (C=O) groups excluding carboxylic acids is 1. The number of nitrogens with one attached hydrogen (secondary N) is 1. The molecule has 2 aromatic heterocycles. The summed E-state index contributed by atoms with van der Waals surface area (Å²) in [6.45, 7) is 6.02. The Hall–Kier alpha value is -2.12. The number of likely N-dealkylation sites (N-methyl/N-ethyl adjacent to an activating group) is 1. The number of carbonyl (C=O) groups is 1. The van der Waals surface area contributed by atoms with Crippen LogP contribution in [0.1, 0.15) is 32.6 Å². The molecule has 1 amide bonds. The molecule has 29 heavy (non-hydrogen) atoms. The molecule has 5 nitrogen and oxygen atoms in total. The number of hydrogen-bond donors (Lipinski definition) is 1. The first-order valence-corrected chi connectivity index (χ1v) is 10.8. The molecular formula is C22H24ClN3O2S. The van der Waals surface area contributed by atoms with E-state index in [0.29, 0.717) is 5.76 Å². The molecule has 3 heterocycles. The summed E-state index contributed by atoms with van der Waals surface area (Å²) in [6.07, 6.45) is 1.51. The van der Waals surface area contributed by atoms with Gasteiger partial charge in [-0.15, -0.1) is 11.3 Å². The predicted octanol–water partition coefficient (Wildman–Crippen LogP) is 4.89. The number of halogens is 1. The lowest BCUT2D eigenvalue weighted by molar-refractivity contribution is 0.0996. The molecule has 3 aromatic rings. The molecule has 152 valence electrons. The number of piperazine rings is 1. The zero-order valence-electron chi connectivity index (χ0n) is 16.5. The van der Waals surface area contributed by atoms with Crippen LogP contribution >= 0.6 is 22.9 Å². The Kier molecular flexibility index (Phi) is 6.06. The summed E-state index contributed by atoms with van der Waals surface area (Å²) in [7, 11) is 2.15. The number of hydrogen-bond acceptors (Lipinski definition) is 5. The number of anilines is 1. The molecule has 1 saturated heterocycles. The summed E-state index contributed by atoms with van der Waals surface area (Å²) in [5, 5.41) is 4.65. The molecule has 1 aliphatic rings. The second-order valence-electron chi connectivity index (χ2n) is 7.37. The summed E-state index contributed by atoms with van der Waals surface area (Å²) in [6, 6.07) is 13.6. The van der Waals surface area contributed by atoms with Crippen molar-refractivity contribution in [2.24, 2.45) is 0 Å². The molecule has 1 atom stereocenters. The predicted molar refractivity (Wildman–Crippen MR) is 118 cm³/mol. The van der Waals surface area contributed by atoms with Gasteiger partial charge in [0.2, 0.25) is 0 Å². The average Bonchev–Trinajstić information content (AvgIpc) is 3.35. The number of thiophene rings is 1. The summed E-state index contributed by atoms with van der Waals surface area (Å²) in [4.78, 5) is 18.6. The zero-order valence-corrected chi connectivity index (χ0v) is 18.1. The molecule has 0 radical (unpaired) electrons. The van der Waals surface area contributed by atoms with Crippen molar-refractivity contribution in [1.82, 2.24) is 9.80 Å². The second-order valence-corrected chi connectivity index (χ2v) is 9.06. The summed E-state index contributed by atoms with van der Waals surface area (Å²) in [5.74, 6) is 0.0796. The van der Waals surface area contributed by atoms with Crippen LogP contribution < -0.4 is 5.32 Å². The van der Waals surface area contributed by atoms with Gasteiger partial charge in [0.1, 0.15) is 5.00 Å². The van der Waals surface area contributed by atoms with Crippen LogP contribution in [0.4, 0.5) is 5.00 Å². The molecule has 4 rings (SSSR count). The van der Waals surface area contributed by atoms with Crippen LogP contribution in [-0.2, 0) is 0 Å². The zero-order chi connectivity index (χ0) is 20.4. The highest BCUT2D eigenvalue weighted by Crippen LogP contribution is 2.39. The van der Waals surface area contributed by atoms with Gasteiger partial charge in [0.25, 0.3) is 5.91 Å².